The maximum Gasteiger partial charge on any atom is 0.314 e. The molecular weight excluding hydrogens is 236 g/mol. The van der Waals surface area contributed by atoms with Gasteiger partial charge in [0, 0.05) is 14.1 Å². The third-order valence-electron chi connectivity index (χ3n) is 3.16. The first-order valence-electron chi connectivity index (χ1n) is 6.32. The highest BCUT2D eigenvalue weighted by Gasteiger charge is 2.15. The van der Waals surface area contributed by atoms with Crippen LogP contribution in [-0.2, 0) is 6.42 Å². The normalized spacial score (nSPS) is 10.6. The predicted molar refractivity (Wildman–Crippen MR) is 78.2 cm³/mol. The zero-order valence-corrected chi connectivity index (χ0v) is 11.2. The quantitative estimate of drug-likeness (QED) is 0.636. The Morgan fingerprint density at radius 2 is 1.26 bits per heavy atom. The molecule has 1 aliphatic rings. The molecule has 2 aromatic carbocycles. The zero-order chi connectivity index (χ0) is 13.7. The SMILES string of the molecule is CNC(=O)NC.c1ccc2c(c1)Cc1ccccc1-2. The van der Waals surface area contributed by atoms with Crippen molar-refractivity contribution in [2.24, 2.45) is 0 Å². The van der Waals surface area contributed by atoms with Crippen LogP contribution in [0.2, 0.25) is 0 Å². The summed E-state index contributed by atoms with van der Waals surface area (Å²) in [6, 6.07) is 17.2. The molecule has 0 atom stereocenters. The number of urea groups is 1. The molecule has 1 aliphatic carbocycles. The Hall–Kier alpha value is -2.29. The summed E-state index contributed by atoms with van der Waals surface area (Å²) in [6.07, 6.45) is 1.10. The minimum absolute atomic E-state index is 0.157. The number of rotatable bonds is 0. The van der Waals surface area contributed by atoms with Crippen LogP contribution < -0.4 is 10.6 Å². The molecule has 0 unspecified atom stereocenters. The summed E-state index contributed by atoms with van der Waals surface area (Å²) < 4.78 is 0. The van der Waals surface area contributed by atoms with Gasteiger partial charge in [-0.05, 0) is 28.7 Å². The number of hydrogen-bond donors (Lipinski definition) is 2. The van der Waals surface area contributed by atoms with Crippen LogP contribution in [-0.4, -0.2) is 20.1 Å². The fourth-order valence-corrected chi connectivity index (χ4v) is 2.20. The largest absolute Gasteiger partial charge is 0.341 e. The van der Waals surface area contributed by atoms with Crippen LogP contribution in [0.3, 0.4) is 0 Å². The molecule has 19 heavy (non-hydrogen) atoms. The van der Waals surface area contributed by atoms with Gasteiger partial charge in [0.05, 0.1) is 0 Å². The first kappa shape index (κ1) is 13.1. The lowest BCUT2D eigenvalue weighted by atomic mass is 10.1. The molecule has 0 aromatic heterocycles. The van der Waals surface area contributed by atoms with Crippen LogP contribution in [0.1, 0.15) is 11.1 Å². The standard InChI is InChI=1S/C13H10.C3H8N2O/c1-3-7-12-10(5-1)9-11-6-2-4-8-13(11)12;1-4-3(6)5-2/h1-8H,9H2;1-2H3,(H2,4,5,6). The topological polar surface area (TPSA) is 41.1 Å². The van der Waals surface area contributed by atoms with E-state index in [1.807, 2.05) is 0 Å². The van der Waals surface area contributed by atoms with Gasteiger partial charge in [-0.2, -0.15) is 0 Å². The Kier molecular flexibility index (Phi) is 4.18. The Bertz CT molecular complexity index is 529. The maximum absolute atomic E-state index is 9.96. The Morgan fingerprint density at radius 1 is 0.842 bits per heavy atom. The highest BCUT2D eigenvalue weighted by atomic mass is 16.2. The first-order valence-corrected chi connectivity index (χ1v) is 6.32. The number of benzene rings is 2. The average molecular weight is 254 g/mol. The van der Waals surface area contributed by atoms with Crippen LogP contribution >= 0.6 is 0 Å². The molecule has 0 radical (unpaired) electrons. The molecule has 2 aromatic rings. The van der Waals surface area contributed by atoms with Gasteiger partial charge >= 0.3 is 6.03 Å². The lowest BCUT2D eigenvalue weighted by Crippen LogP contribution is -2.28. The van der Waals surface area contributed by atoms with E-state index in [-0.39, 0.29) is 6.03 Å². The highest BCUT2D eigenvalue weighted by Crippen LogP contribution is 2.35. The summed E-state index contributed by atoms with van der Waals surface area (Å²) >= 11 is 0. The Balaban J connectivity index is 0.000000192. The number of carbonyl (C=O) groups excluding carboxylic acids is 1. The molecule has 3 heteroatoms. The van der Waals surface area contributed by atoms with Crippen LogP contribution in [0.15, 0.2) is 48.5 Å². The van der Waals surface area contributed by atoms with E-state index in [0.717, 1.165) is 6.42 Å². The summed E-state index contributed by atoms with van der Waals surface area (Å²) in [5.41, 5.74) is 5.75. The number of carbonyl (C=O) groups is 1. The summed E-state index contributed by atoms with van der Waals surface area (Å²) in [5, 5.41) is 4.73. The number of amides is 2. The molecular formula is C16H18N2O. The lowest BCUT2D eigenvalue weighted by molar-refractivity contribution is 0.245. The van der Waals surface area contributed by atoms with E-state index < -0.39 is 0 Å². The molecule has 0 spiro atoms. The van der Waals surface area contributed by atoms with Gasteiger partial charge in [-0.1, -0.05) is 48.5 Å². The molecule has 3 nitrogen and oxygen atoms in total. The van der Waals surface area contributed by atoms with E-state index in [4.69, 9.17) is 0 Å². The fourth-order valence-electron chi connectivity index (χ4n) is 2.20. The van der Waals surface area contributed by atoms with E-state index in [1.54, 1.807) is 14.1 Å². The predicted octanol–water partition coefficient (Wildman–Crippen LogP) is 2.80. The first-order chi connectivity index (χ1) is 9.26. The highest BCUT2D eigenvalue weighted by molar-refractivity contribution is 5.76. The average Bonchev–Trinajstić information content (AvgIpc) is 2.85. The third kappa shape index (κ3) is 2.94. The Labute approximate surface area is 113 Å². The van der Waals surface area contributed by atoms with Gasteiger partial charge in [-0.3, -0.25) is 0 Å². The van der Waals surface area contributed by atoms with Crippen LogP contribution in [0, 0.1) is 0 Å². The molecule has 3 rings (SSSR count). The molecule has 0 heterocycles. The van der Waals surface area contributed by atoms with Gasteiger partial charge in [0.2, 0.25) is 0 Å². The van der Waals surface area contributed by atoms with Crippen molar-refractivity contribution < 1.29 is 4.79 Å². The van der Waals surface area contributed by atoms with Crippen LogP contribution in [0.5, 0.6) is 0 Å². The second kappa shape index (κ2) is 6.05. The zero-order valence-electron chi connectivity index (χ0n) is 11.2. The van der Waals surface area contributed by atoms with Gasteiger partial charge in [0.25, 0.3) is 0 Å². The molecule has 98 valence electrons. The van der Waals surface area contributed by atoms with E-state index in [0.29, 0.717) is 0 Å². The smallest absolute Gasteiger partial charge is 0.314 e. The van der Waals surface area contributed by atoms with Crippen molar-refractivity contribution in [1.29, 1.82) is 0 Å². The maximum atomic E-state index is 9.96. The van der Waals surface area contributed by atoms with E-state index in [9.17, 15) is 4.79 Å². The lowest BCUT2D eigenvalue weighted by Gasteiger charge is -1.98. The van der Waals surface area contributed by atoms with Crippen molar-refractivity contribution in [1.82, 2.24) is 10.6 Å². The Morgan fingerprint density at radius 3 is 1.63 bits per heavy atom. The van der Waals surface area contributed by atoms with E-state index in [2.05, 4.69) is 59.2 Å². The third-order valence-corrected chi connectivity index (χ3v) is 3.16. The molecule has 0 fully saturated rings. The molecule has 0 aliphatic heterocycles. The molecule has 2 N–H and O–H groups in total. The van der Waals surface area contributed by atoms with Gasteiger partial charge in [0.15, 0.2) is 0 Å². The van der Waals surface area contributed by atoms with E-state index >= 15 is 0 Å². The monoisotopic (exact) mass is 254 g/mol. The van der Waals surface area contributed by atoms with Crippen molar-refractivity contribution in [3.05, 3.63) is 59.7 Å². The molecule has 0 saturated heterocycles. The summed E-state index contributed by atoms with van der Waals surface area (Å²) in [4.78, 5) is 9.96. The van der Waals surface area contributed by atoms with Crippen molar-refractivity contribution >= 4 is 6.03 Å². The summed E-state index contributed by atoms with van der Waals surface area (Å²) in [5.74, 6) is 0. The van der Waals surface area contributed by atoms with E-state index in [1.165, 1.54) is 22.3 Å². The minimum Gasteiger partial charge on any atom is -0.341 e. The van der Waals surface area contributed by atoms with Crippen molar-refractivity contribution in [2.75, 3.05) is 14.1 Å². The summed E-state index contributed by atoms with van der Waals surface area (Å²) in [7, 11) is 3.14. The second-order valence-corrected chi connectivity index (χ2v) is 4.32. The summed E-state index contributed by atoms with van der Waals surface area (Å²) in [6.45, 7) is 0. The number of hydrogen-bond acceptors (Lipinski definition) is 1. The van der Waals surface area contributed by atoms with Gasteiger partial charge in [-0.15, -0.1) is 0 Å². The van der Waals surface area contributed by atoms with Gasteiger partial charge in [-0.25, -0.2) is 4.79 Å². The van der Waals surface area contributed by atoms with Gasteiger partial charge in [0.1, 0.15) is 0 Å². The second-order valence-electron chi connectivity index (χ2n) is 4.32. The van der Waals surface area contributed by atoms with Gasteiger partial charge < -0.3 is 10.6 Å². The van der Waals surface area contributed by atoms with Crippen molar-refractivity contribution in [2.45, 2.75) is 6.42 Å². The van der Waals surface area contributed by atoms with Crippen LogP contribution in [0.25, 0.3) is 11.1 Å². The van der Waals surface area contributed by atoms with Crippen molar-refractivity contribution in [3.63, 3.8) is 0 Å². The number of nitrogens with one attached hydrogen (secondary N) is 2. The van der Waals surface area contributed by atoms with Crippen molar-refractivity contribution in [3.8, 4) is 11.1 Å². The molecule has 0 saturated carbocycles. The molecule has 0 bridgehead atoms. The minimum atomic E-state index is -0.157. The van der Waals surface area contributed by atoms with Crippen LogP contribution in [0.4, 0.5) is 4.79 Å². The fraction of sp³-hybridized carbons (Fsp3) is 0.188. The molecule has 2 amide bonds. The number of fused-ring (bicyclic) bond motifs is 3.